The van der Waals surface area contributed by atoms with Gasteiger partial charge in [-0.3, -0.25) is 9.59 Å². The number of carbonyl (C=O) groups excluding carboxylic acids is 2. The molecule has 0 radical (unpaired) electrons. The quantitative estimate of drug-likeness (QED) is 0.312. The smallest absolute Gasteiger partial charge is 0.247 e. The van der Waals surface area contributed by atoms with Crippen molar-refractivity contribution < 1.29 is 9.59 Å². The van der Waals surface area contributed by atoms with Gasteiger partial charge >= 0.3 is 0 Å². The monoisotopic (exact) mass is 488 g/mol. The van der Waals surface area contributed by atoms with Crippen LogP contribution in [0, 0.1) is 0 Å². The molecule has 0 saturated heterocycles. The third-order valence-corrected chi connectivity index (χ3v) is 6.75. The van der Waals surface area contributed by atoms with Crippen LogP contribution in [0.4, 0.5) is 0 Å². The van der Waals surface area contributed by atoms with Crippen molar-refractivity contribution in [3.8, 4) is 0 Å². The van der Waals surface area contributed by atoms with Crippen LogP contribution in [0.25, 0.3) is 0 Å². The summed E-state index contributed by atoms with van der Waals surface area (Å²) in [7, 11) is 0. The summed E-state index contributed by atoms with van der Waals surface area (Å²) in [5.74, 6) is -0.368. The molecule has 1 atom stereocenters. The lowest BCUT2D eigenvalue weighted by Crippen LogP contribution is -2.43. The average Bonchev–Trinajstić information content (AvgIpc) is 3.38. The molecular formula is C28H25ClN2O2S. The first kappa shape index (κ1) is 23.7. The zero-order valence-electron chi connectivity index (χ0n) is 18.6. The van der Waals surface area contributed by atoms with Crippen molar-refractivity contribution in [2.75, 3.05) is 0 Å². The highest BCUT2D eigenvalue weighted by Gasteiger charge is 2.32. The molecule has 4 nitrogen and oxygen atoms in total. The number of halogens is 1. The Morgan fingerprint density at radius 3 is 2.21 bits per heavy atom. The molecule has 1 heterocycles. The van der Waals surface area contributed by atoms with Crippen molar-refractivity contribution in [3.05, 3.63) is 129 Å². The number of rotatable bonds is 9. The van der Waals surface area contributed by atoms with E-state index >= 15 is 0 Å². The van der Waals surface area contributed by atoms with Gasteiger partial charge < -0.3 is 10.2 Å². The second kappa shape index (κ2) is 11.6. The van der Waals surface area contributed by atoms with Gasteiger partial charge in [0.25, 0.3) is 0 Å². The SMILES string of the molecule is O=C(NCc1ccccc1)[C@@H](c1ccccc1)N(Cc1ccccc1Cl)C(=O)Cc1cccs1. The van der Waals surface area contributed by atoms with Crippen LogP contribution in [0.2, 0.25) is 5.02 Å². The van der Waals surface area contributed by atoms with Gasteiger partial charge in [-0.15, -0.1) is 11.3 Å². The van der Waals surface area contributed by atoms with Crippen LogP contribution in [0.5, 0.6) is 0 Å². The lowest BCUT2D eigenvalue weighted by molar-refractivity contribution is -0.141. The van der Waals surface area contributed by atoms with Crippen LogP contribution >= 0.6 is 22.9 Å². The van der Waals surface area contributed by atoms with E-state index in [0.717, 1.165) is 21.6 Å². The Labute approximate surface area is 208 Å². The van der Waals surface area contributed by atoms with E-state index in [4.69, 9.17) is 11.6 Å². The molecule has 2 amide bonds. The Hall–Kier alpha value is -3.41. The standard InChI is InChI=1S/C28H25ClN2O2S/c29-25-16-8-7-14-23(25)20-31(26(32)18-24-15-9-17-34-24)27(22-12-5-2-6-13-22)28(33)30-19-21-10-3-1-4-11-21/h1-17,27H,18-20H2,(H,30,33)/t27-/m1/s1. The van der Waals surface area contributed by atoms with Gasteiger partial charge in [0, 0.05) is 23.0 Å². The fourth-order valence-corrected chi connectivity index (χ4v) is 4.68. The largest absolute Gasteiger partial charge is 0.350 e. The van der Waals surface area contributed by atoms with E-state index in [2.05, 4.69) is 5.32 Å². The maximum Gasteiger partial charge on any atom is 0.247 e. The minimum Gasteiger partial charge on any atom is -0.350 e. The Bertz CT molecular complexity index is 1210. The van der Waals surface area contributed by atoms with Crippen LogP contribution in [-0.4, -0.2) is 16.7 Å². The van der Waals surface area contributed by atoms with Crippen LogP contribution in [0.3, 0.4) is 0 Å². The molecule has 0 aliphatic heterocycles. The molecule has 0 aliphatic carbocycles. The zero-order valence-corrected chi connectivity index (χ0v) is 20.1. The summed E-state index contributed by atoms with van der Waals surface area (Å²) in [5.41, 5.74) is 2.53. The summed E-state index contributed by atoms with van der Waals surface area (Å²) in [6, 6.07) is 29.6. The van der Waals surface area contributed by atoms with Crippen LogP contribution < -0.4 is 5.32 Å². The maximum atomic E-state index is 13.6. The number of amides is 2. The van der Waals surface area contributed by atoms with Crippen molar-refractivity contribution >= 4 is 34.8 Å². The van der Waals surface area contributed by atoms with Crippen molar-refractivity contribution in [1.82, 2.24) is 10.2 Å². The van der Waals surface area contributed by atoms with E-state index < -0.39 is 6.04 Å². The fourth-order valence-electron chi connectivity index (χ4n) is 3.79. The van der Waals surface area contributed by atoms with E-state index in [1.807, 2.05) is 96.4 Å². The third-order valence-electron chi connectivity index (χ3n) is 5.51. The summed E-state index contributed by atoms with van der Waals surface area (Å²) in [4.78, 5) is 29.8. The Morgan fingerprint density at radius 1 is 0.853 bits per heavy atom. The third kappa shape index (κ3) is 6.13. The highest BCUT2D eigenvalue weighted by atomic mass is 35.5. The number of hydrogen-bond donors (Lipinski definition) is 1. The molecule has 34 heavy (non-hydrogen) atoms. The average molecular weight is 489 g/mol. The van der Waals surface area contributed by atoms with E-state index in [1.165, 1.54) is 11.3 Å². The molecule has 3 aromatic carbocycles. The predicted molar refractivity (Wildman–Crippen MR) is 137 cm³/mol. The van der Waals surface area contributed by atoms with Gasteiger partial charge in [0.1, 0.15) is 6.04 Å². The van der Waals surface area contributed by atoms with Crippen LogP contribution in [0.1, 0.15) is 27.6 Å². The summed E-state index contributed by atoms with van der Waals surface area (Å²) < 4.78 is 0. The van der Waals surface area contributed by atoms with Crippen molar-refractivity contribution in [1.29, 1.82) is 0 Å². The molecular weight excluding hydrogens is 464 g/mol. The molecule has 4 aromatic rings. The number of hydrogen-bond acceptors (Lipinski definition) is 3. The number of nitrogens with one attached hydrogen (secondary N) is 1. The first-order valence-electron chi connectivity index (χ1n) is 11.0. The zero-order chi connectivity index (χ0) is 23.8. The number of benzene rings is 3. The topological polar surface area (TPSA) is 49.4 Å². The fraction of sp³-hybridized carbons (Fsp3) is 0.143. The Balaban J connectivity index is 1.68. The van der Waals surface area contributed by atoms with Gasteiger partial charge in [0.05, 0.1) is 6.42 Å². The van der Waals surface area contributed by atoms with E-state index in [1.54, 1.807) is 11.0 Å². The Morgan fingerprint density at radius 2 is 1.53 bits per heavy atom. The summed E-state index contributed by atoms with van der Waals surface area (Å²) in [5, 5.41) is 5.54. The minimum absolute atomic E-state index is 0.133. The highest BCUT2D eigenvalue weighted by molar-refractivity contribution is 7.10. The Kier molecular flexibility index (Phi) is 8.12. The van der Waals surface area contributed by atoms with Gasteiger partial charge in [0.15, 0.2) is 0 Å². The van der Waals surface area contributed by atoms with Gasteiger partial charge in [-0.25, -0.2) is 0 Å². The molecule has 4 rings (SSSR count). The molecule has 0 saturated carbocycles. The minimum atomic E-state index is -0.798. The summed E-state index contributed by atoms with van der Waals surface area (Å²) in [6.45, 7) is 0.601. The van der Waals surface area contributed by atoms with Crippen molar-refractivity contribution in [2.24, 2.45) is 0 Å². The summed E-state index contributed by atoms with van der Waals surface area (Å²) in [6.07, 6.45) is 0.220. The molecule has 0 fully saturated rings. The van der Waals surface area contributed by atoms with E-state index in [9.17, 15) is 9.59 Å². The second-order valence-electron chi connectivity index (χ2n) is 7.89. The van der Waals surface area contributed by atoms with Crippen LogP contribution in [0.15, 0.2) is 102 Å². The molecule has 1 N–H and O–H groups in total. The number of carbonyl (C=O) groups is 2. The normalized spacial score (nSPS) is 11.6. The lowest BCUT2D eigenvalue weighted by atomic mass is 10.0. The van der Waals surface area contributed by atoms with Crippen molar-refractivity contribution in [2.45, 2.75) is 25.6 Å². The van der Waals surface area contributed by atoms with Gasteiger partial charge in [-0.2, -0.15) is 0 Å². The van der Waals surface area contributed by atoms with Crippen molar-refractivity contribution in [3.63, 3.8) is 0 Å². The lowest BCUT2D eigenvalue weighted by Gasteiger charge is -2.32. The highest BCUT2D eigenvalue weighted by Crippen LogP contribution is 2.27. The van der Waals surface area contributed by atoms with E-state index in [-0.39, 0.29) is 24.8 Å². The molecule has 1 aromatic heterocycles. The van der Waals surface area contributed by atoms with Gasteiger partial charge in [0.2, 0.25) is 11.8 Å². The molecule has 0 aliphatic rings. The summed E-state index contributed by atoms with van der Waals surface area (Å²) >= 11 is 7.98. The van der Waals surface area contributed by atoms with Gasteiger partial charge in [-0.1, -0.05) is 96.5 Å². The molecule has 0 spiro atoms. The first-order valence-corrected chi connectivity index (χ1v) is 12.3. The molecule has 0 unspecified atom stereocenters. The molecule has 6 heteroatoms. The number of thiophene rings is 1. The molecule has 0 bridgehead atoms. The second-order valence-corrected chi connectivity index (χ2v) is 9.33. The first-order chi connectivity index (χ1) is 16.6. The molecule has 172 valence electrons. The maximum absolute atomic E-state index is 13.6. The van der Waals surface area contributed by atoms with Gasteiger partial charge in [-0.05, 0) is 34.2 Å². The number of nitrogens with zero attached hydrogens (tertiary/aromatic N) is 1. The van der Waals surface area contributed by atoms with E-state index in [0.29, 0.717) is 11.6 Å². The van der Waals surface area contributed by atoms with Crippen LogP contribution in [-0.2, 0) is 29.1 Å². The predicted octanol–water partition coefficient (Wildman–Crippen LogP) is 6.03.